The predicted molar refractivity (Wildman–Crippen MR) is 85.1 cm³/mol. The van der Waals surface area contributed by atoms with Crippen molar-refractivity contribution in [1.82, 2.24) is 0 Å². The van der Waals surface area contributed by atoms with Gasteiger partial charge in [0.2, 0.25) is 0 Å². The zero-order chi connectivity index (χ0) is 14.4. The van der Waals surface area contributed by atoms with Gasteiger partial charge in [-0.1, -0.05) is 77.6 Å². The molecule has 2 N–H and O–H groups in total. The van der Waals surface area contributed by atoms with Gasteiger partial charge in [-0.05, 0) is 20.3 Å². The van der Waals surface area contributed by atoms with Crippen LogP contribution in [0.4, 0.5) is 0 Å². The van der Waals surface area contributed by atoms with Crippen LogP contribution in [-0.2, 0) is 0 Å². The summed E-state index contributed by atoms with van der Waals surface area (Å²) in [4.78, 5) is 0. The summed E-state index contributed by atoms with van der Waals surface area (Å²) in [5.41, 5.74) is 1.00. The monoisotopic (exact) mass is 271 g/mol. The molecule has 0 amide bonds. The van der Waals surface area contributed by atoms with Gasteiger partial charge in [0.05, 0.1) is 5.54 Å². The van der Waals surface area contributed by atoms with Gasteiger partial charge in [-0.3, -0.25) is 0 Å². The molecule has 0 aromatic carbocycles. The van der Waals surface area contributed by atoms with Gasteiger partial charge >= 0.3 is 0 Å². The number of hydrogen-bond donors (Lipinski definition) is 1. The highest BCUT2D eigenvalue weighted by Crippen LogP contribution is 2.14. The molecule has 0 aliphatic heterocycles. The summed E-state index contributed by atoms with van der Waals surface area (Å²) < 4.78 is 0. The number of quaternary nitrogens is 1. The van der Waals surface area contributed by atoms with Crippen LogP contribution in [0.15, 0.2) is 0 Å². The maximum absolute atomic E-state index is 10.8. The van der Waals surface area contributed by atoms with Crippen LogP contribution in [0.5, 0.6) is 0 Å². The van der Waals surface area contributed by atoms with E-state index < -0.39 is 0 Å². The molecule has 2 heteroatoms. The average Bonchev–Trinajstić information content (AvgIpc) is 2.40. The molecule has 0 aliphatic rings. The lowest BCUT2D eigenvalue weighted by molar-refractivity contribution is -0.663. The zero-order valence-electron chi connectivity index (χ0n) is 13.7. The number of rotatable bonds is 14. The van der Waals surface area contributed by atoms with Crippen LogP contribution in [0, 0.1) is 5.21 Å². The first-order chi connectivity index (χ1) is 9.12. The van der Waals surface area contributed by atoms with Gasteiger partial charge in [-0.15, -0.1) is 0 Å². The van der Waals surface area contributed by atoms with Gasteiger partial charge in [0.25, 0.3) is 0 Å². The third-order valence-electron chi connectivity index (χ3n) is 3.99. The highest BCUT2D eigenvalue weighted by molar-refractivity contribution is 4.64. The Bertz CT molecular complexity index is 180. The Hall–Kier alpha value is -0.0800. The zero-order valence-corrected chi connectivity index (χ0v) is 13.7. The maximum atomic E-state index is 10.8. The van der Waals surface area contributed by atoms with Gasteiger partial charge in [0.15, 0.2) is 0 Å². The third-order valence-corrected chi connectivity index (χ3v) is 3.99. The van der Waals surface area contributed by atoms with Gasteiger partial charge in [0.1, 0.15) is 0 Å². The van der Waals surface area contributed by atoms with Crippen LogP contribution in [0.25, 0.3) is 0 Å². The van der Waals surface area contributed by atoms with Gasteiger partial charge in [-0.25, -0.2) is 0 Å². The van der Waals surface area contributed by atoms with Crippen molar-refractivity contribution in [2.45, 2.75) is 110 Å². The topological polar surface area (TPSA) is 39.7 Å². The molecule has 0 atom stereocenters. The van der Waals surface area contributed by atoms with Crippen LogP contribution in [0.2, 0.25) is 0 Å². The number of hydroxylamine groups is 1. The van der Waals surface area contributed by atoms with E-state index in [1.807, 2.05) is 13.8 Å². The Morgan fingerprint density at radius 1 is 0.684 bits per heavy atom. The molecule has 0 fully saturated rings. The summed E-state index contributed by atoms with van der Waals surface area (Å²) in [5, 5.41) is 10.8. The lowest BCUT2D eigenvalue weighted by atomic mass is 9.97. The largest absolute Gasteiger partial charge is 0.635 e. The van der Waals surface area contributed by atoms with Crippen molar-refractivity contribution in [3.63, 3.8) is 0 Å². The Kier molecular flexibility index (Phi) is 12.9. The summed E-state index contributed by atoms with van der Waals surface area (Å²) >= 11 is 0. The van der Waals surface area contributed by atoms with Crippen molar-refractivity contribution in [2.75, 3.05) is 0 Å². The van der Waals surface area contributed by atoms with E-state index in [0.717, 1.165) is 11.9 Å². The summed E-state index contributed by atoms with van der Waals surface area (Å²) in [5.74, 6) is 0. The number of nitrogens with two attached hydrogens (primary N) is 1. The molecule has 0 radical (unpaired) electrons. The molecule has 0 aromatic heterocycles. The summed E-state index contributed by atoms with van der Waals surface area (Å²) in [6.45, 7) is 6.35. The van der Waals surface area contributed by atoms with Gasteiger partial charge in [-0.2, -0.15) is 0 Å². The molecule has 0 unspecified atom stereocenters. The number of unbranched alkanes of at least 4 members (excludes halogenated alkanes) is 11. The summed E-state index contributed by atoms with van der Waals surface area (Å²) in [7, 11) is 0. The van der Waals surface area contributed by atoms with Crippen molar-refractivity contribution >= 4 is 0 Å². The fraction of sp³-hybridized carbons (Fsp3) is 1.00. The SMILES string of the molecule is CCCCCCCCCCCCCCC(C)(C)[NH2+][O-]. The predicted octanol–water partition coefficient (Wildman–Crippen LogP) is 4.92. The average molecular weight is 271 g/mol. The molecular weight excluding hydrogens is 234 g/mol. The Balaban J connectivity index is 3.07. The fourth-order valence-corrected chi connectivity index (χ4v) is 2.48. The normalized spacial score (nSPS) is 12.0. The molecule has 0 spiro atoms. The fourth-order valence-electron chi connectivity index (χ4n) is 2.48. The maximum Gasteiger partial charge on any atom is 0.0901 e. The molecule has 0 rings (SSSR count). The van der Waals surface area contributed by atoms with E-state index in [1.54, 1.807) is 0 Å². The molecule has 0 saturated heterocycles. The first-order valence-corrected chi connectivity index (χ1v) is 8.59. The van der Waals surface area contributed by atoms with E-state index in [-0.39, 0.29) is 5.54 Å². The first kappa shape index (κ1) is 18.9. The molecule has 0 bridgehead atoms. The molecule has 0 saturated carbocycles. The quantitative estimate of drug-likeness (QED) is 0.353. The van der Waals surface area contributed by atoms with E-state index in [0.29, 0.717) is 0 Å². The molecule has 0 aromatic rings. The summed E-state index contributed by atoms with van der Waals surface area (Å²) in [6.07, 6.45) is 17.6. The second kappa shape index (κ2) is 12.9. The van der Waals surface area contributed by atoms with E-state index in [4.69, 9.17) is 0 Å². The minimum absolute atomic E-state index is 0.0987. The Labute approximate surface area is 121 Å². The van der Waals surface area contributed by atoms with Crippen LogP contribution < -0.4 is 5.48 Å². The highest BCUT2D eigenvalue weighted by Gasteiger charge is 2.15. The van der Waals surface area contributed by atoms with Crippen molar-refractivity contribution < 1.29 is 5.48 Å². The smallest absolute Gasteiger partial charge is 0.0901 e. The molecule has 19 heavy (non-hydrogen) atoms. The van der Waals surface area contributed by atoms with Crippen LogP contribution in [0.1, 0.15) is 104 Å². The van der Waals surface area contributed by atoms with Crippen molar-refractivity contribution in [2.24, 2.45) is 0 Å². The second-order valence-electron chi connectivity index (χ2n) is 6.75. The second-order valence-corrected chi connectivity index (χ2v) is 6.75. The van der Waals surface area contributed by atoms with E-state index in [1.165, 1.54) is 77.0 Å². The number of hydrogen-bond acceptors (Lipinski definition) is 1. The van der Waals surface area contributed by atoms with E-state index >= 15 is 0 Å². The third kappa shape index (κ3) is 14.1. The molecular formula is C17H37NO. The van der Waals surface area contributed by atoms with E-state index in [2.05, 4.69) is 6.92 Å². The molecule has 116 valence electrons. The van der Waals surface area contributed by atoms with E-state index in [9.17, 15) is 5.21 Å². The lowest BCUT2D eigenvalue weighted by Gasteiger charge is -2.24. The molecule has 0 heterocycles. The minimum Gasteiger partial charge on any atom is -0.635 e. The van der Waals surface area contributed by atoms with Crippen molar-refractivity contribution in [1.29, 1.82) is 0 Å². The van der Waals surface area contributed by atoms with Crippen LogP contribution in [-0.4, -0.2) is 5.54 Å². The first-order valence-electron chi connectivity index (χ1n) is 8.59. The standard InChI is InChI=1S/C17H37NO/c1-4-5-6-7-8-9-10-11-12-13-14-15-16-17(2,3)18-19/h4-16,18H2,1-3H3. The minimum atomic E-state index is -0.0987. The van der Waals surface area contributed by atoms with Crippen LogP contribution in [0.3, 0.4) is 0 Å². The van der Waals surface area contributed by atoms with Gasteiger partial charge in [0, 0.05) is 6.42 Å². The van der Waals surface area contributed by atoms with Crippen molar-refractivity contribution in [3.05, 3.63) is 5.21 Å². The lowest BCUT2D eigenvalue weighted by Crippen LogP contribution is -2.89. The Morgan fingerprint density at radius 2 is 1.05 bits per heavy atom. The Morgan fingerprint density at radius 3 is 1.42 bits per heavy atom. The van der Waals surface area contributed by atoms with Crippen molar-refractivity contribution in [3.8, 4) is 0 Å². The molecule has 0 aliphatic carbocycles. The summed E-state index contributed by atoms with van der Waals surface area (Å²) in [6, 6.07) is 0. The molecule has 2 nitrogen and oxygen atoms in total. The highest BCUT2D eigenvalue weighted by atomic mass is 16.5. The van der Waals surface area contributed by atoms with Gasteiger partial charge < -0.3 is 10.7 Å². The van der Waals surface area contributed by atoms with Crippen LogP contribution >= 0.6 is 0 Å².